The molecule has 9 heteroatoms. The number of rotatable bonds is 5. The van der Waals surface area contributed by atoms with E-state index in [4.69, 9.17) is 11.6 Å². The molecule has 0 bridgehead atoms. The van der Waals surface area contributed by atoms with E-state index in [1.807, 2.05) is 18.2 Å². The third-order valence-electron chi connectivity index (χ3n) is 4.34. The highest BCUT2D eigenvalue weighted by Crippen LogP contribution is 2.20. The van der Waals surface area contributed by atoms with E-state index in [1.165, 1.54) is 12.3 Å². The average molecular weight is 395 g/mol. The maximum atomic E-state index is 12.4. The van der Waals surface area contributed by atoms with Crippen LogP contribution in [0.2, 0.25) is 5.02 Å². The predicted octanol–water partition coefficient (Wildman–Crippen LogP) is 1.68. The average Bonchev–Trinajstić information content (AvgIpc) is 3.00. The summed E-state index contributed by atoms with van der Waals surface area (Å²) in [5.74, 6) is 0.231. The van der Waals surface area contributed by atoms with E-state index < -0.39 is 9.84 Å². The number of carbonyl (C=O) groups is 1. The maximum Gasteiger partial charge on any atom is 0.270 e. The van der Waals surface area contributed by atoms with Gasteiger partial charge in [0.1, 0.15) is 5.69 Å². The Kier molecular flexibility index (Phi) is 5.43. The molecule has 138 valence electrons. The van der Waals surface area contributed by atoms with Crippen molar-refractivity contribution in [3.05, 3.63) is 52.8 Å². The summed E-state index contributed by atoms with van der Waals surface area (Å²) in [6, 6.07) is 8.61. The number of benzene rings is 1. The summed E-state index contributed by atoms with van der Waals surface area (Å²) in [7, 11) is -1.26. The van der Waals surface area contributed by atoms with Crippen LogP contribution in [0.5, 0.6) is 0 Å². The molecule has 26 heavy (non-hydrogen) atoms. The number of hydrogen-bond acceptors (Lipinski definition) is 6. The molecular formula is C17H19ClN4O3S. The minimum atomic E-state index is -3.01. The first-order valence-electron chi connectivity index (χ1n) is 8.13. The summed E-state index contributed by atoms with van der Waals surface area (Å²) in [6.07, 6.45) is 2.03. The van der Waals surface area contributed by atoms with Crippen molar-refractivity contribution >= 4 is 33.3 Å². The minimum Gasteiger partial charge on any atom is -0.347 e. The minimum absolute atomic E-state index is 0.0792. The fourth-order valence-corrected chi connectivity index (χ4v) is 4.77. The Labute approximate surface area is 157 Å². The normalized spacial score (nSPS) is 18.5. The van der Waals surface area contributed by atoms with E-state index in [0.717, 1.165) is 5.56 Å². The van der Waals surface area contributed by atoms with Crippen LogP contribution in [-0.4, -0.2) is 48.9 Å². The molecule has 1 N–H and O–H groups in total. The summed E-state index contributed by atoms with van der Waals surface area (Å²) in [4.78, 5) is 22.5. The fraction of sp³-hybridized carbons (Fsp3) is 0.353. The number of nitrogens with zero attached hydrogens (tertiary/aromatic N) is 3. The second-order valence-electron chi connectivity index (χ2n) is 6.18. The lowest BCUT2D eigenvalue weighted by molar-refractivity contribution is 0.0946. The van der Waals surface area contributed by atoms with Gasteiger partial charge in [0.15, 0.2) is 9.84 Å². The summed E-state index contributed by atoms with van der Waals surface area (Å²) < 4.78 is 23.3. The van der Waals surface area contributed by atoms with Gasteiger partial charge in [0.2, 0.25) is 5.95 Å². The third kappa shape index (κ3) is 4.31. The topological polar surface area (TPSA) is 92.3 Å². The van der Waals surface area contributed by atoms with Crippen LogP contribution in [0.1, 0.15) is 22.5 Å². The molecule has 0 aliphatic carbocycles. The molecule has 1 atom stereocenters. The largest absolute Gasteiger partial charge is 0.347 e. The Morgan fingerprint density at radius 3 is 2.81 bits per heavy atom. The molecule has 0 radical (unpaired) electrons. The Morgan fingerprint density at radius 2 is 2.12 bits per heavy atom. The molecule has 1 aliphatic heterocycles. The van der Waals surface area contributed by atoms with Gasteiger partial charge < -0.3 is 10.2 Å². The summed E-state index contributed by atoms with van der Waals surface area (Å²) in [6.45, 7) is 0.286. The van der Waals surface area contributed by atoms with Crippen molar-refractivity contribution < 1.29 is 13.2 Å². The van der Waals surface area contributed by atoms with Gasteiger partial charge in [-0.05, 0) is 24.1 Å². The van der Waals surface area contributed by atoms with Crippen LogP contribution in [0, 0.1) is 0 Å². The fourth-order valence-electron chi connectivity index (χ4n) is 2.80. The molecule has 1 aromatic heterocycles. The number of nitrogens with one attached hydrogen (secondary N) is 1. The van der Waals surface area contributed by atoms with Gasteiger partial charge in [0.05, 0.1) is 11.5 Å². The first kappa shape index (κ1) is 18.6. The molecule has 1 saturated heterocycles. The van der Waals surface area contributed by atoms with Crippen LogP contribution in [0.15, 0.2) is 36.5 Å². The van der Waals surface area contributed by atoms with Gasteiger partial charge in [-0.2, -0.15) is 0 Å². The Balaban J connectivity index is 1.68. The highest BCUT2D eigenvalue weighted by molar-refractivity contribution is 7.91. The van der Waals surface area contributed by atoms with Crippen LogP contribution in [0.25, 0.3) is 0 Å². The van der Waals surface area contributed by atoms with Gasteiger partial charge in [0, 0.05) is 30.9 Å². The molecule has 1 fully saturated rings. The quantitative estimate of drug-likeness (QED) is 0.829. The predicted molar refractivity (Wildman–Crippen MR) is 100 cm³/mol. The molecule has 0 spiro atoms. The van der Waals surface area contributed by atoms with Crippen molar-refractivity contribution in [1.29, 1.82) is 0 Å². The van der Waals surface area contributed by atoms with Crippen molar-refractivity contribution in [2.24, 2.45) is 0 Å². The Morgan fingerprint density at radius 1 is 1.35 bits per heavy atom. The number of halogens is 1. The smallest absolute Gasteiger partial charge is 0.270 e. The van der Waals surface area contributed by atoms with Crippen molar-refractivity contribution in [2.45, 2.75) is 19.0 Å². The van der Waals surface area contributed by atoms with Gasteiger partial charge in [-0.15, -0.1) is 0 Å². The van der Waals surface area contributed by atoms with E-state index >= 15 is 0 Å². The summed E-state index contributed by atoms with van der Waals surface area (Å²) in [5, 5.41) is 3.36. The highest BCUT2D eigenvalue weighted by Gasteiger charge is 2.31. The van der Waals surface area contributed by atoms with E-state index in [9.17, 15) is 13.2 Å². The van der Waals surface area contributed by atoms with E-state index in [1.54, 1.807) is 18.0 Å². The molecule has 0 saturated carbocycles. The van der Waals surface area contributed by atoms with Crippen LogP contribution in [0.4, 0.5) is 5.95 Å². The van der Waals surface area contributed by atoms with Crippen LogP contribution >= 0.6 is 11.6 Å². The Bertz CT molecular complexity index is 920. The molecule has 1 amide bonds. The molecule has 2 heterocycles. The number of carbonyl (C=O) groups excluding carboxylic acids is 1. The SMILES string of the molecule is CN(c1nccc(C(=O)NCc2ccccc2Cl)n1)C1CCS(=O)(=O)C1. The Hall–Kier alpha value is -2.19. The van der Waals surface area contributed by atoms with Crippen molar-refractivity contribution in [3.8, 4) is 0 Å². The van der Waals surface area contributed by atoms with Crippen molar-refractivity contribution in [1.82, 2.24) is 15.3 Å². The lowest BCUT2D eigenvalue weighted by Crippen LogP contribution is -2.34. The lowest BCUT2D eigenvalue weighted by atomic mass is 10.2. The maximum absolute atomic E-state index is 12.4. The van der Waals surface area contributed by atoms with Gasteiger partial charge in [-0.1, -0.05) is 29.8 Å². The number of sulfone groups is 1. The monoisotopic (exact) mass is 394 g/mol. The number of hydrogen-bond donors (Lipinski definition) is 1. The molecule has 1 aliphatic rings. The standard InChI is InChI=1S/C17H19ClN4O3S/c1-22(13-7-9-26(24,25)11-13)17-19-8-6-15(21-17)16(23)20-10-12-4-2-3-5-14(12)18/h2-6,8,13H,7,9-11H2,1H3,(H,20,23). The molecule has 1 unspecified atom stereocenters. The van der Waals surface area contributed by atoms with Crippen LogP contribution in [-0.2, 0) is 16.4 Å². The second kappa shape index (κ2) is 7.59. The molecule has 7 nitrogen and oxygen atoms in total. The van der Waals surface area contributed by atoms with Crippen molar-refractivity contribution in [2.75, 3.05) is 23.5 Å². The lowest BCUT2D eigenvalue weighted by Gasteiger charge is -2.23. The zero-order chi connectivity index (χ0) is 18.7. The highest BCUT2D eigenvalue weighted by atomic mass is 35.5. The first-order chi connectivity index (χ1) is 12.4. The number of amides is 1. The molecule has 1 aromatic carbocycles. The van der Waals surface area contributed by atoms with Crippen LogP contribution < -0.4 is 10.2 Å². The number of anilines is 1. The van der Waals surface area contributed by atoms with Gasteiger partial charge >= 0.3 is 0 Å². The van der Waals surface area contributed by atoms with Crippen molar-refractivity contribution in [3.63, 3.8) is 0 Å². The second-order valence-corrected chi connectivity index (χ2v) is 8.82. The van der Waals surface area contributed by atoms with E-state index in [-0.39, 0.29) is 35.7 Å². The van der Waals surface area contributed by atoms with Gasteiger partial charge in [-0.25, -0.2) is 18.4 Å². The van der Waals surface area contributed by atoms with E-state index in [2.05, 4.69) is 15.3 Å². The molecular weight excluding hydrogens is 376 g/mol. The first-order valence-corrected chi connectivity index (χ1v) is 10.3. The summed E-state index contributed by atoms with van der Waals surface area (Å²) >= 11 is 6.08. The molecule has 2 aromatic rings. The molecule has 3 rings (SSSR count). The third-order valence-corrected chi connectivity index (χ3v) is 6.46. The van der Waals surface area contributed by atoms with Crippen LogP contribution in [0.3, 0.4) is 0 Å². The summed E-state index contributed by atoms with van der Waals surface area (Å²) in [5.41, 5.74) is 1.03. The van der Waals surface area contributed by atoms with Gasteiger partial charge in [-0.3, -0.25) is 4.79 Å². The zero-order valence-corrected chi connectivity index (χ0v) is 15.8. The zero-order valence-electron chi connectivity index (χ0n) is 14.2. The van der Waals surface area contributed by atoms with Gasteiger partial charge in [0.25, 0.3) is 5.91 Å². The number of aromatic nitrogens is 2. The van der Waals surface area contributed by atoms with E-state index in [0.29, 0.717) is 17.4 Å².